The van der Waals surface area contributed by atoms with E-state index in [1.165, 1.54) is 0 Å². The average Bonchev–Trinajstić information content (AvgIpc) is 2.62. The molecule has 0 atom stereocenters. The average molecular weight is 216 g/mol. The molecule has 3 nitrogen and oxygen atoms in total. The van der Waals surface area contributed by atoms with E-state index >= 15 is 0 Å². The molecule has 2 rings (SSSR count). The lowest BCUT2D eigenvalue weighted by molar-refractivity contribution is 0.672. The summed E-state index contributed by atoms with van der Waals surface area (Å²) in [5, 5.41) is 0. The first-order valence-electron chi connectivity index (χ1n) is 5.50. The van der Waals surface area contributed by atoms with Gasteiger partial charge in [-0.15, -0.1) is 0 Å². The number of nitrogens with zero attached hydrogens (tertiary/aromatic N) is 1. The SMILES string of the molecule is CC(C)c1c[nH]c(=O)n1Cc1ccccc1. The number of imidazole rings is 1. The molecule has 84 valence electrons. The van der Waals surface area contributed by atoms with Crippen molar-refractivity contribution in [3.8, 4) is 0 Å². The third kappa shape index (κ3) is 2.08. The van der Waals surface area contributed by atoms with Crippen molar-refractivity contribution >= 4 is 0 Å². The van der Waals surface area contributed by atoms with Gasteiger partial charge in [0.25, 0.3) is 0 Å². The molecular formula is C13H16N2O. The van der Waals surface area contributed by atoms with Crippen LogP contribution in [-0.4, -0.2) is 9.55 Å². The molecule has 1 N–H and O–H groups in total. The number of aromatic amines is 1. The Morgan fingerprint density at radius 1 is 1.25 bits per heavy atom. The maximum atomic E-state index is 11.7. The summed E-state index contributed by atoms with van der Waals surface area (Å²) in [6, 6.07) is 10.0. The summed E-state index contributed by atoms with van der Waals surface area (Å²) in [4.78, 5) is 14.4. The molecule has 1 aromatic carbocycles. The first-order chi connectivity index (χ1) is 7.68. The predicted molar refractivity (Wildman–Crippen MR) is 64.7 cm³/mol. The standard InChI is InChI=1S/C13H16N2O/c1-10(2)12-8-14-13(16)15(12)9-11-6-4-3-5-7-11/h3-8,10H,9H2,1-2H3,(H,14,16). The minimum atomic E-state index is -0.0347. The highest BCUT2D eigenvalue weighted by atomic mass is 16.1. The molecule has 0 aliphatic carbocycles. The Balaban J connectivity index is 2.34. The largest absolute Gasteiger partial charge is 0.326 e. The number of nitrogens with one attached hydrogen (secondary N) is 1. The van der Waals surface area contributed by atoms with Crippen molar-refractivity contribution in [3.63, 3.8) is 0 Å². The van der Waals surface area contributed by atoms with Gasteiger partial charge in [-0.25, -0.2) is 4.79 Å². The van der Waals surface area contributed by atoms with Crippen molar-refractivity contribution in [1.29, 1.82) is 0 Å². The second-order valence-corrected chi connectivity index (χ2v) is 4.25. The first kappa shape index (κ1) is 10.7. The van der Waals surface area contributed by atoms with E-state index in [1.54, 1.807) is 10.8 Å². The summed E-state index contributed by atoms with van der Waals surface area (Å²) in [5.41, 5.74) is 2.16. The van der Waals surface area contributed by atoms with Gasteiger partial charge in [-0.2, -0.15) is 0 Å². The van der Waals surface area contributed by atoms with Crippen LogP contribution in [0.1, 0.15) is 31.0 Å². The van der Waals surface area contributed by atoms with E-state index in [-0.39, 0.29) is 5.69 Å². The van der Waals surface area contributed by atoms with Crippen LogP contribution in [0.2, 0.25) is 0 Å². The maximum absolute atomic E-state index is 11.7. The zero-order valence-electron chi connectivity index (χ0n) is 9.60. The molecule has 0 saturated carbocycles. The van der Waals surface area contributed by atoms with Crippen LogP contribution in [0.25, 0.3) is 0 Å². The van der Waals surface area contributed by atoms with Crippen LogP contribution in [0, 0.1) is 0 Å². The van der Waals surface area contributed by atoms with Crippen molar-refractivity contribution in [2.75, 3.05) is 0 Å². The molecule has 3 heteroatoms. The molecule has 0 amide bonds. The summed E-state index contributed by atoms with van der Waals surface area (Å²) >= 11 is 0. The first-order valence-corrected chi connectivity index (χ1v) is 5.50. The smallest absolute Gasteiger partial charge is 0.312 e. The van der Waals surface area contributed by atoms with Crippen LogP contribution in [0.15, 0.2) is 41.3 Å². The van der Waals surface area contributed by atoms with Gasteiger partial charge in [0.15, 0.2) is 0 Å². The number of H-pyrrole nitrogens is 1. The van der Waals surface area contributed by atoms with E-state index in [0.717, 1.165) is 11.3 Å². The molecular weight excluding hydrogens is 200 g/mol. The van der Waals surface area contributed by atoms with Gasteiger partial charge < -0.3 is 4.98 Å². The van der Waals surface area contributed by atoms with Crippen LogP contribution in [-0.2, 0) is 6.54 Å². The molecule has 0 fully saturated rings. The third-order valence-corrected chi connectivity index (χ3v) is 2.68. The van der Waals surface area contributed by atoms with Crippen molar-refractivity contribution in [2.24, 2.45) is 0 Å². The Morgan fingerprint density at radius 2 is 1.94 bits per heavy atom. The molecule has 16 heavy (non-hydrogen) atoms. The van der Waals surface area contributed by atoms with E-state index in [1.807, 2.05) is 30.3 Å². The van der Waals surface area contributed by atoms with Crippen LogP contribution >= 0.6 is 0 Å². The van der Waals surface area contributed by atoms with Crippen molar-refractivity contribution in [1.82, 2.24) is 9.55 Å². The molecule has 0 aliphatic heterocycles. The van der Waals surface area contributed by atoms with Crippen molar-refractivity contribution in [3.05, 3.63) is 58.3 Å². The van der Waals surface area contributed by atoms with Crippen LogP contribution < -0.4 is 5.69 Å². The third-order valence-electron chi connectivity index (χ3n) is 2.68. The molecule has 0 bridgehead atoms. The highest BCUT2D eigenvalue weighted by molar-refractivity contribution is 5.16. The Morgan fingerprint density at radius 3 is 2.56 bits per heavy atom. The lowest BCUT2D eigenvalue weighted by Gasteiger charge is -2.09. The van der Waals surface area contributed by atoms with Gasteiger partial charge in [-0.05, 0) is 11.5 Å². The molecule has 0 spiro atoms. The van der Waals surface area contributed by atoms with Gasteiger partial charge in [-0.1, -0.05) is 44.2 Å². The van der Waals surface area contributed by atoms with Crippen LogP contribution in [0.4, 0.5) is 0 Å². The van der Waals surface area contributed by atoms with Gasteiger partial charge in [0, 0.05) is 11.9 Å². The van der Waals surface area contributed by atoms with Gasteiger partial charge >= 0.3 is 5.69 Å². The molecule has 0 unspecified atom stereocenters. The van der Waals surface area contributed by atoms with E-state index in [9.17, 15) is 4.79 Å². The zero-order valence-corrected chi connectivity index (χ0v) is 9.60. The summed E-state index contributed by atoms with van der Waals surface area (Å²) in [5.74, 6) is 0.350. The monoisotopic (exact) mass is 216 g/mol. The molecule has 2 aromatic rings. The van der Waals surface area contributed by atoms with E-state index in [2.05, 4.69) is 18.8 Å². The normalized spacial score (nSPS) is 10.9. The second kappa shape index (κ2) is 4.39. The molecule has 0 saturated heterocycles. The fourth-order valence-electron chi connectivity index (χ4n) is 1.82. The van der Waals surface area contributed by atoms with E-state index < -0.39 is 0 Å². The molecule has 1 aromatic heterocycles. The number of hydrogen-bond acceptors (Lipinski definition) is 1. The van der Waals surface area contributed by atoms with Crippen LogP contribution in [0.3, 0.4) is 0 Å². The van der Waals surface area contributed by atoms with Gasteiger partial charge in [0.1, 0.15) is 0 Å². The lowest BCUT2D eigenvalue weighted by atomic mass is 10.1. The fourth-order valence-corrected chi connectivity index (χ4v) is 1.82. The minimum Gasteiger partial charge on any atom is -0.312 e. The Kier molecular flexibility index (Phi) is 2.95. The second-order valence-electron chi connectivity index (χ2n) is 4.25. The number of rotatable bonds is 3. The predicted octanol–water partition coefficient (Wildman–Crippen LogP) is 2.35. The lowest BCUT2D eigenvalue weighted by Crippen LogP contribution is -2.20. The Labute approximate surface area is 94.7 Å². The summed E-state index contributed by atoms with van der Waals surface area (Å²) in [6.07, 6.45) is 1.80. The van der Waals surface area contributed by atoms with E-state index in [4.69, 9.17) is 0 Å². The summed E-state index contributed by atoms with van der Waals surface area (Å²) in [6.45, 7) is 4.81. The molecule has 1 heterocycles. The summed E-state index contributed by atoms with van der Waals surface area (Å²) in [7, 11) is 0. The fraction of sp³-hybridized carbons (Fsp3) is 0.308. The van der Waals surface area contributed by atoms with Gasteiger partial charge in [-0.3, -0.25) is 4.57 Å². The van der Waals surface area contributed by atoms with E-state index in [0.29, 0.717) is 12.5 Å². The quantitative estimate of drug-likeness (QED) is 0.840. The number of benzene rings is 1. The highest BCUT2D eigenvalue weighted by Crippen LogP contribution is 2.12. The van der Waals surface area contributed by atoms with Gasteiger partial charge in [0.05, 0.1) is 6.54 Å². The van der Waals surface area contributed by atoms with Crippen LogP contribution in [0.5, 0.6) is 0 Å². The molecule has 0 radical (unpaired) electrons. The Hall–Kier alpha value is -1.77. The Bertz CT molecular complexity index is 508. The minimum absolute atomic E-state index is 0.0347. The maximum Gasteiger partial charge on any atom is 0.326 e. The van der Waals surface area contributed by atoms with Gasteiger partial charge in [0.2, 0.25) is 0 Å². The topological polar surface area (TPSA) is 37.8 Å². The number of hydrogen-bond donors (Lipinski definition) is 1. The number of aromatic nitrogens is 2. The highest BCUT2D eigenvalue weighted by Gasteiger charge is 2.09. The van der Waals surface area contributed by atoms with Crippen molar-refractivity contribution in [2.45, 2.75) is 26.3 Å². The molecule has 0 aliphatic rings. The zero-order chi connectivity index (χ0) is 11.5. The van der Waals surface area contributed by atoms with Crippen molar-refractivity contribution < 1.29 is 0 Å². The summed E-state index contributed by atoms with van der Waals surface area (Å²) < 4.78 is 1.79.